The molecule has 17 heavy (non-hydrogen) atoms. The Bertz CT molecular complexity index is 447. The first-order chi connectivity index (χ1) is 7.74. The van der Waals surface area contributed by atoms with E-state index in [1.54, 1.807) is 0 Å². The number of nitro groups is 1. The van der Waals surface area contributed by atoms with Crippen LogP contribution < -0.4 is 4.74 Å². The van der Waals surface area contributed by atoms with Gasteiger partial charge in [0.15, 0.2) is 0 Å². The topological polar surface area (TPSA) is 65.3 Å². The van der Waals surface area contributed by atoms with E-state index < -0.39 is 29.7 Å². The van der Waals surface area contributed by atoms with E-state index in [2.05, 4.69) is 9.72 Å². The Morgan fingerprint density at radius 2 is 2.12 bits per heavy atom. The second-order valence-corrected chi connectivity index (χ2v) is 3.01. The normalized spacial score (nSPS) is 11.4. The van der Waals surface area contributed by atoms with E-state index in [4.69, 9.17) is 0 Å². The van der Waals surface area contributed by atoms with Gasteiger partial charge in [-0.2, -0.15) is 0 Å². The third-order valence-corrected chi connectivity index (χ3v) is 1.87. The van der Waals surface area contributed by atoms with Crippen LogP contribution in [0, 0.1) is 17.0 Å². The molecule has 0 amide bonds. The summed E-state index contributed by atoms with van der Waals surface area (Å²) in [5, 5.41) is 10.5. The van der Waals surface area contributed by atoms with Crippen molar-refractivity contribution >= 4 is 5.82 Å². The minimum atomic E-state index is -5.04. The van der Waals surface area contributed by atoms with Crippen LogP contribution in [0.15, 0.2) is 6.07 Å². The lowest BCUT2D eigenvalue weighted by Crippen LogP contribution is -2.18. The van der Waals surface area contributed by atoms with Crippen LogP contribution in [-0.4, -0.2) is 16.3 Å². The first-order valence-corrected chi connectivity index (χ1v) is 4.21. The third-order valence-electron chi connectivity index (χ3n) is 1.87. The standard InChI is InChI=1S/C8H6F4N2O3/c1-4-5(3-9)2-6(17-8(10,11)12)13-7(4)14(15)16/h2H,3H2,1H3. The molecule has 0 saturated heterocycles. The summed E-state index contributed by atoms with van der Waals surface area (Å²) in [5.74, 6) is -1.91. The van der Waals surface area contributed by atoms with Gasteiger partial charge in [0.1, 0.15) is 6.67 Å². The Labute approximate surface area is 92.2 Å². The number of hydrogen-bond donors (Lipinski definition) is 0. The van der Waals surface area contributed by atoms with E-state index in [-0.39, 0.29) is 11.1 Å². The Hall–Kier alpha value is -1.93. The lowest BCUT2D eigenvalue weighted by Gasteiger charge is -2.07. The van der Waals surface area contributed by atoms with Crippen molar-refractivity contribution in [2.24, 2.45) is 0 Å². The first-order valence-electron chi connectivity index (χ1n) is 4.21. The highest BCUT2D eigenvalue weighted by Crippen LogP contribution is 2.28. The zero-order valence-electron chi connectivity index (χ0n) is 8.42. The molecule has 0 spiro atoms. The number of hydrogen-bond acceptors (Lipinski definition) is 4. The maximum absolute atomic E-state index is 12.5. The van der Waals surface area contributed by atoms with E-state index in [1.807, 2.05) is 0 Å². The average Bonchev–Trinajstić information content (AvgIpc) is 2.17. The lowest BCUT2D eigenvalue weighted by molar-refractivity contribution is -0.390. The van der Waals surface area contributed by atoms with E-state index >= 15 is 0 Å². The Kier molecular flexibility index (Phi) is 3.49. The van der Waals surface area contributed by atoms with Crippen LogP contribution in [0.3, 0.4) is 0 Å². The lowest BCUT2D eigenvalue weighted by atomic mass is 10.1. The second kappa shape index (κ2) is 4.52. The fourth-order valence-electron chi connectivity index (χ4n) is 1.11. The highest BCUT2D eigenvalue weighted by Gasteiger charge is 2.34. The van der Waals surface area contributed by atoms with Gasteiger partial charge in [0, 0.05) is 16.6 Å². The van der Waals surface area contributed by atoms with Crippen molar-refractivity contribution in [1.82, 2.24) is 4.98 Å². The fraction of sp³-hybridized carbons (Fsp3) is 0.375. The van der Waals surface area contributed by atoms with Crippen LogP contribution in [0.2, 0.25) is 0 Å². The molecule has 94 valence electrons. The van der Waals surface area contributed by atoms with E-state index in [0.717, 1.165) is 0 Å². The zero-order chi connectivity index (χ0) is 13.2. The van der Waals surface area contributed by atoms with Gasteiger partial charge in [-0.3, -0.25) is 0 Å². The molecule has 0 saturated carbocycles. The molecule has 0 radical (unpaired) electrons. The second-order valence-electron chi connectivity index (χ2n) is 3.01. The summed E-state index contributed by atoms with van der Waals surface area (Å²) in [4.78, 5) is 12.5. The molecule has 0 N–H and O–H groups in total. The van der Waals surface area contributed by atoms with Crippen LogP contribution in [0.1, 0.15) is 11.1 Å². The fourth-order valence-corrected chi connectivity index (χ4v) is 1.11. The van der Waals surface area contributed by atoms with Crippen LogP contribution >= 0.6 is 0 Å². The molecule has 5 nitrogen and oxygen atoms in total. The monoisotopic (exact) mass is 254 g/mol. The van der Waals surface area contributed by atoms with Gasteiger partial charge in [-0.15, -0.1) is 13.2 Å². The van der Waals surface area contributed by atoms with Crippen LogP contribution in [-0.2, 0) is 6.67 Å². The van der Waals surface area contributed by atoms with Crippen molar-refractivity contribution in [2.75, 3.05) is 0 Å². The van der Waals surface area contributed by atoms with Crippen molar-refractivity contribution in [1.29, 1.82) is 0 Å². The van der Waals surface area contributed by atoms with Crippen LogP contribution in [0.25, 0.3) is 0 Å². The van der Waals surface area contributed by atoms with Crippen LogP contribution in [0.5, 0.6) is 5.88 Å². The third kappa shape index (κ3) is 3.26. The van der Waals surface area contributed by atoms with Gasteiger partial charge in [-0.05, 0) is 11.8 Å². The van der Waals surface area contributed by atoms with Crippen molar-refractivity contribution in [2.45, 2.75) is 20.0 Å². The first kappa shape index (κ1) is 13.1. The Morgan fingerprint density at radius 3 is 2.53 bits per heavy atom. The minimum Gasteiger partial charge on any atom is -0.366 e. The summed E-state index contributed by atoms with van der Waals surface area (Å²) < 4.78 is 51.5. The van der Waals surface area contributed by atoms with Crippen molar-refractivity contribution < 1.29 is 27.2 Å². The van der Waals surface area contributed by atoms with Gasteiger partial charge in [-0.25, -0.2) is 4.39 Å². The summed E-state index contributed by atoms with van der Waals surface area (Å²) in [6.07, 6.45) is -5.04. The van der Waals surface area contributed by atoms with Gasteiger partial charge in [0.05, 0.1) is 5.56 Å². The van der Waals surface area contributed by atoms with E-state index in [1.165, 1.54) is 6.92 Å². The highest BCUT2D eigenvalue weighted by atomic mass is 19.4. The molecular formula is C8H6F4N2O3. The molecule has 1 aromatic heterocycles. The molecule has 0 atom stereocenters. The van der Waals surface area contributed by atoms with Crippen LogP contribution in [0.4, 0.5) is 23.4 Å². The average molecular weight is 254 g/mol. The maximum atomic E-state index is 12.5. The highest BCUT2D eigenvalue weighted by molar-refractivity contribution is 5.41. The largest absolute Gasteiger partial charge is 0.575 e. The SMILES string of the molecule is Cc1c(CF)cc(OC(F)(F)F)nc1[N+](=O)[O-]. The number of halogens is 4. The molecule has 9 heteroatoms. The number of ether oxygens (including phenoxy) is 1. The maximum Gasteiger partial charge on any atom is 0.575 e. The quantitative estimate of drug-likeness (QED) is 0.472. The molecule has 1 aromatic rings. The number of rotatable bonds is 3. The van der Waals surface area contributed by atoms with E-state index in [9.17, 15) is 27.7 Å². The van der Waals surface area contributed by atoms with Gasteiger partial charge < -0.3 is 14.9 Å². The smallest absolute Gasteiger partial charge is 0.366 e. The Balaban J connectivity index is 3.25. The molecule has 0 aliphatic rings. The molecular weight excluding hydrogens is 248 g/mol. The summed E-state index contributed by atoms with van der Waals surface area (Å²) >= 11 is 0. The predicted octanol–water partition coefficient (Wildman–Crippen LogP) is 2.67. The molecule has 0 aliphatic carbocycles. The van der Waals surface area contributed by atoms with Gasteiger partial charge in [0.25, 0.3) is 0 Å². The van der Waals surface area contributed by atoms with Gasteiger partial charge >= 0.3 is 18.1 Å². The molecule has 0 bridgehead atoms. The predicted molar refractivity (Wildman–Crippen MR) is 47.1 cm³/mol. The minimum absolute atomic E-state index is 0.132. The zero-order valence-corrected chi connectivity index (χ0v) is 8.42. The summed E-state index contributed by atoms with van der Waals surface area (Å²) in [6.45, 7) is 0.0425. The van der Waals surface area contributed by atoms with Crippen molar-refractivity contribution in [3.63, 3.8) is 0 Å². The molecule has 0 aliphatic heterocycles. The Morgan fingerprint density at radius 1 is 1.53 bits per heavy atom. The number of aromatic nitrogens is 1. The number of nitrogens with zero attached hydrogens (tertiary/aromatic N) is 2. The van der Waals surface area contributed by atoms with E-state index in [0.29, 0.717) is 6.07 Å². The van der Waals surface area contributed by atoms with Gasteiger partial charge in [-0.1, -0.05) is 0 Å². The number of pyridine rings is 1. The number of alkyl halides is 4. The molecule has 0 aromatic carbocycles. The van der Waals surface area contributed by atoms with Gasteiger partial charge in [0.2, 0.25) is 0 Å². The molecule has 0 unspecified atom stereocenters. The van der Waals surface area contributed by atoms with Crippen molar-refractivity contribution in [3.8, 4) is 5.88 Å². The summed E-state index contributed by atoms with van der Waals surface area (Å²) in [6, 6.07) is 0.676. The van der Waals surface area contributed by atoms with Crippen molar-refractivity contribution in [3.05, 3.63) is 27.3 Å². The molecule has 1 heterocycles. The molecule has 0 fully saturated rings. The summed E-state index contributed by atoms with van der Waals surface area (Å²) in [5.41, 5.74) is -0.405. The summed E-state index contributed by atoms with van der Waals surface area (Å²) in [7, 11) is 0. The molecule has 1 rings (SSSR count).